The maximum absolute atomic E-state index is 3.37. The lowest BCUT2D eigenvalue weighted by Crippen LogP contribution is -2.02. The number of rotatable bonds is 1. The molecule has 1 heteroatoms. The zero-order valence-electron chi connectivity index (χ0n) is 7.09. The van der Waals surface area contributed by atoms with E-state index in [1.807, 2.05) is 6.07 Å². The van der Waals surface area contributed by atoms with Crippen molar-refractivity contribution >= 4 is 6.08 Å². The minimum absolute atomic E-state index is 1.14. The third kappa shape index (κ3) is 1.67. The third-order valence-corrected chi connectivity index (χ3v) is 2.12. The van der Waals surface area contributed by atoms with Crippen molar-refractivity contribution in [1.29, 1.82) is 0 Å². The van der Waals surface area contributed by atoms with Crippen molar-refractivity contribution < 1.29 is 0 Å². The van der Waals surface area contributed by atoms with Crippen molar-refractivity contribution in [3.63, 3.8) is 0 Å². The molecule has 0 amide bonds. The fourth-order valence-electron chi connectivity index (χ4n) is 1.49. The largest absolute Gasteiger partial charge is 0.388 e. The molecular weight excluding hydrogens is 146 g/mol. The molecule has 12 heavy (non-hydrogen) atoms. The second-order valence-corrected chi connectivity index (χ2v) is 3.11. The zero-order valence-corrected chi connectivity index (χ0v) is 7.09. The summed E-state index contributed by atoms with van der Waals surface area (Å²) in [4.78, 5) is 0. The first-order valence-electron chi connectivity index (χ1n) is 4.45. The highest BCUT2D eigenvalue weighted by atomic mass is 14.9. The lowest BCUT2D eigenvalue weighted by atomic mass is 10.2. The summed E-state index contributed by atoms with van der Waals surface area (Å²) in [7, 11) is 0. The van der Waals surface area contributed by atoms with E-state index in [-0.39, 0.29) is 0 Å². The Hall–Kier alpha value is -1.24. The fraction of sp³-hybridized carbons (Fsp3) is 0.273. The van der Waals surface area contributed by atoms with Crippen LogP contribution in [-0.4, -0.2) is 6.54 Å². The quantitative estimate of drug-likeness (QED) is 0.663. The molecule has 0 atom stereocenters. The summed E-state index contributed by atoms with van der Waals surface area (Å²) in [6.07, 6.45) is 4.71. The molecule has 0 saturated carbocycles. The van der Waals surface area contributed by atoms with E-state index in [0.717, 1.165) is 6.54 Å². The van der Waals surface area contributed by atoms with Crippen LogP contribution in [0.5, 0.6) is 0 Å². The molecule has 1 fully saturated rings. The van der Waals surface area contributed by atoms with Gasteiger partial charge in [-0.3, -0.25) is 0 Å². The van der Waals surface area contributed by atoms with Crippen LogP contribution in [-0.2, 0) is 0 Å². The van der Waals surface area contributed by atoms with Gasteiger partial charge in [0.25, 0.3) is 0 Å². The summed E-state index contributed by atoms with van der Waals surface area (Å²) in [5, 5.41) is 3.37. The second kappa shape index (κ2) is 3.44. The SMILES string of the molecule is C(=C1CCCN1)c1ccccc1. The Morgan fingerprint density at radius 1 is 1.17 bits per heavy atom. The monoisotopic (exact) mass is 159 g/mol. The zero-order chi connectivity index (χ0) is 8.23. The van der Waals surface area contributed by atoms with E-state index in [0.29, 0.717) is 0 Å². The van der Waals surface area contributed by atoms with Crippen LogP contribution in [0.4, 0.5) is 0 Å². The van der Waals surface area contributed by atoms with E-state index in [1.54, 1.807) is 0 Å². The van der Waals surface area contributed by atoms with Crippen molar-refractivity contribution in [3.8, 4) is 0 Å². The molecule has 0 radical (unpaired) electrons. The number of hydrogen-bond donors (Lipinski definition) is 1. The van der Waals surface area contributed by atoms with Gasteiger partial charge in [-0.25, -0.2) is 0 Å². The summed E-state index contributed by atoms with van der Waals surface area (Å²) < 4.78 is 0. The molecule has 1 nitrogen and oxygen atoms in total. The Morgan fingerprint density at radius 2 is 2.00 bits per heavy atom. The van der Waals surface area contributed by atoms with E-state index in [1.165, 1.54) is 24.1 Å². The van der Waals surface area contributed by atoms with Gasteiger partial charge in [-0.05, 0) is 24.5 Å². The molecule has 0 bridgehead atoms. The number of nitrogens with one attached hydrogen (secondary N) is 1. The fourth-order valence-corrected chi connectivity index (χ4v) is 1.49. The van der Waals surface area contributed by atoms with E-state index < -0.39 is 0 Å². The van der Waals surface area contributed by atoms with Gasteiger partial charge in [-0.15, -0.1) is 0 Å². The maximum Gasteiger partial charge on any atom is 0.0147 e. The van der Waals surface area contributed by atoms with Crippen LogP contribution in [0.3, 0.4) is 0 Å². The molecule has 0 unspecified atom stereocenters. The predicted molar refractivity (Wildman–Crippen MR) is 51.7 cm³/mol. The molecule has 1 aliphatic heterocycles. The summed E-state index contributed by atoms with van der Waals surface area (Å²) in [6.45, 7) is 1.14. The van der Waals surface area contributed by atoms with Crippen molar-refractivity contribution in [2.24, 2.45) is 0 Å². The van der Waals surface area contributed by atoms with Crippen LogP contribution in [0, 0.1) is 0 Å². The van der Waals surface area contributed by atoms with Crippen LogP contribution in [0.15, 0.2) is 36.0 Å². The molecular formula is C11H13N. The van der Waals surface area contributed by atoms with Crippen molar-refractivity contribution in [2.45, 2.75) is 12.8 Å². The lowest BCUT2D eigenvalue weighted by molar-refractivity contribution is 0.905. The molecule has 1 aromatic carbocycles. The first-order valence-corrected chi connectivity index (χ1v) is 4.45. The maximum atomic E-state index is 3.37. The Morgan fingerprint density at radius 3 is 2.67 bits per heavy atom. The van der Waals surface area contributed by atoms with E-state index in [4.69, 9.17) is 0 Å². The first-order chi connectivity index (χ1) is 5.95. The van der Waals surface area contributed by atoms with Gasteiger partial charge < -0.3 is 5.32 Å². The highest BCUT2D eigenvalue weighted by molar-refractivity contribution is 5.52. The summed E-state index contributed by atoms with van der Waals surface area (Å²) in [6, 6.07) is 10.5. The third-order valence-electron chi connectivity index (χ3n) is 2.12. The topological polar surface area (TPSA) is 12.0 Å². The normalized spacial score (nSPS) is 19.5. The van der Waals surface area contributed by atoms with Crippen LogP contribution in [0.2, 0.25) is 0 Å². The number of benzene rings is 1. The molecule has 2 rings (SSSR count). The minimum atomic E-state index is 1.14. The van der Waals surface area contributed by atoms with Gasteiger partial charge in [-0.2, -0.15) is 0 Å². The van der Waals surface area contributed by atoms with Crippen LogP contribution in [0.25, 0.3) is 6.08 Å². The first kappa shape index (κ1) is 7.41. The summed E-state index contributed by atoms with van der Waals surface area (Å²) in [5.41, 5.74) is 2.67. The van der Waals surface area contributed by atoms with E-state index >= 15 is 0 Å². The average molecular weight is 159 g/mol. The smallest absolute Gasteiger partial charge is 0.0147 e. The molecule has 0 aromatic heterocycles. The Bertz CT molecular complexity index is 266. The summed E-state index contributed by atoms with van der Waals surface area (Å²) >= 11 is 0. The van der Waals surface area contributed by atoms with Gasteiger partial charge in [0.2, 0.25) is 0 Å². The Labute approximate surface area is 73.1 Å². The van der Waals surface area contributed by atoms with Gasteiger partial charge in [0.15, 0.2) is 0 Å². The highest BCUT2D eigenvalue weighted by Gasteiger charge is 2.03. The van der Waals surface area contributed by atoms with E-state index in [2.05, 4.69) is 35.7 Å². The van der Waals surface area contributed by atoms with E-state index in [9.17, 15) is 0 Å². The molecule has 62 valence electrons. The number of allylic oxidation sites excluding steroid dienone is 1. The van der Waals surface area contributed by atoms with Crippen LogP contribution < -0.4 is 5.32 Å². The molecule has 1 saturated heterocycles. The Kier molecular flexibility index (Phi) is 2.12. The molecule has 0 aliphatic carbocycles. The van der Waals surface area contributed by atoms with Gasteiger partial charge in [0.1, 0.15) is 0 Å². The minimum Gasteiger partial charge on any atom is -0.388 e. The van der Waals surface area contributed by atoms with Gasteiger partial charge >= 0.3 is 0 Å². The molecule has 1 N–H and O–H groups in total. The summed E-state index contributed by atoms with van der Waals surface area (Å²) in [5.74, 6) is 0. The molecule has 1 aliphatic rings. The van der Waals surface area contributed by atoms with Crippen molar-refractivity contribution in [2.75, 3.05) is 6.54 Å². The lowest BCUT2D eigenvalue weighted by Gasteiger charge is -1.97. The van der Waals surface area contributed by atoms with Crippen molar-refractivity contribution in [1.82, 2.24) is 5.32 Å². The second-order valence-electron chi connectivity index (χ2n) is 3.11. The average Bonchev–Trinajstić information content (AvgIpc) is 2.59. The van der Waals surface area contributed by atoms with Gasteiger partial charge in [0.05, 0.1) is 0 Å². The highest BCUT2D eigenvalue weighted by Crippen LogP contribution is 2.13. The van der Waals surface area contributed by atoms with Crippen molar-refractivity contribution in [3.05, 3.63) is 41.6 Å². The Balaban J connectivity index is 2.16. The molecule has 1 aromatic rings. The van der Waals surface area contributed by atoms with Crippen LogP contribution in [0.1, 0.15) is 18.4 Å². The van der Waals surface area contributed by atoms with Gasteiger partial charge in [0, 0.05) is 12.2 Å². The van der Waals surface area contributed by atoms with Crippen LogP contribution >= 0.6 is 0 Å². The number of hydrogen-bond acceptors (Lipinski definition) is 1. The molecule has 1 heterocycles. The van der Waals surface area contributed by atoms with Gasteiger partial charge in [-0.1, -0.05) is 30.3 Å². The predicted octanol–water partition coefficient (Wildman–Crippen LogP) is 2.41. The standard InChI is InChI=1S/C11H13N/c1-2-5-10(6-3-1)9-11-7-4-8-12-11/h1-3,5-6,9,12H,4,7-8H2. The molecule has 0 spiro atoms.